The fourth-order valence-electron chi connectivity index (χ4n) is 3.91. The molecule has 2 N–H and O–H groups in total. The molecule has 11 heteroatoms. The highest BCUT2D eigenvalue weighted by molar-refractivity contribution is 6.06. The zero-order valence-corrected chi connectivity index (χ0v) is 19.9. The van der Waals surface area contributed by atoms with E-state index in [1.165, 1.54) is 6.33 Å². The number of aromatic nitrogens is 5. The average molecular weight is 496 g/mol. The molecule has 0 radical (unpaired) electrons. The van der Waals surface area contributed by atoms with Gasteiger partial charge in [0.25, 0.3) is 5.91 Å². The van der Waals surface area contributed by atoms with Crippen molar-refractivity contribution in [2.24, 2.45) is 0 Å². The number of nitrogens with one attached hydrogen (secondary N) is 2. The Balaban J connectivity index is 1.61. The number of hydrogen-bond donors (Lipinski definition) is 2. The molecule has 186 valence electrons. The third-order valence-corrected chi connectivity index (χ3v) is 6.20. The summed E-state index contributed by atoms with van der Waals surface area (Å²) in [5, 5.41) is 6.74. The van der Waals surface area contributed by atoms with Crippen molar-refractivity contribution < 1.29 is 18.0 Å². The summed E-state index contributed by atoms with van der Waals surface area (Å²) < 4.78 is 38.3. The third-order valence-electron chi connectivity index (χ3n) is 6.20. The lowest BCUT2D eigenvalue weighted by molar-refractivity contribution is -0.144. The first-order chi connectivity index (χ1) is 17.2. The summed E-state index contributed by atoms with van der Waals surface area (Å²) in [6, 6.07) is 9.11. The normalized spacial score (nSPS) is 13.3. The van der Waals surface area contributed by atoms with Gasteiger partial charge in [-0.1, -0.05) is 32.0 Å². The van der Waals surface area contributed by atoms with Gasteiger partial charge in [-0.15, -0.1) is 0 Å². The minimum Gasteiger partial charge on any atom is -0.369 e. The van der Waals surface area contributed by atoms with E-state index in [1.54, 1.807) is 25.4 Å². The first-order valence-electron chi connectivity index (χ1n) is 11.2. The van der Waals surface area contributed by atoms with Crippen molar-refractivity contribution in [3.63, 3.8) is 0 Å². The summed E-state index contributed by atoms with van der Waals surface area (Å²) in [4.78, 5) is 32.1. The number of hydrogen-bond acceptors (Lipinski definition) is 7. The van der Waals surface area contributed by atoms with E-state index in [0.29, 0.717) is 29.2 Å². The number of pyridine rings is 1. The Labute approximate surface area is 205 Å². The van der Waals surface area contributed by atoms with Crippen LogP contribution in [0.2, 0.25) is 0 Å². The van der Waals surface area contributed by atoms with Crippen LogP contribution in [0.1, 0.15) is 42.0 Å². The molecule has 8 nitrogen and oxygen atoms in total. The summed E-state index contributed by atoms with van der Waals surface area (Å²) in [5.74, 6) is -0.893. The van der Waals surface area contributed by atoms with Gasteiger partial charge in [0.2, 0.25) is 5.82 Å². The Morgan fingerprint density at radius 3 is 2.44 bits per heavy atom. The molecular weight excluding hydrogens is 471 g/mol. The molecule has 0 unspecified atom stereocenters. The van der Waals surface area contributed by atoms with Gasteiger partial charge in [0.15, 0.2) is 0 Å². The lowest BCUT2D eigenvalue weighted by atomic mass is 9.78. The molecule has 0 aliphatic carbocycles. The van der Waals surface area contributed by atoms with Crippen LogP contribution in [0.4, 0.5) is 19.0 Å². The topological polar surface area (TPSA) is 106 Å². The summed E-state index contributed by atoms with van der Waals surface area (Å²) in [5.41, 5.74) is 2.63. The summed E-state index contributed by atoms with van der Waals surface area (Å²) in [6.07, 6.45) is 1.28. The van der Waals surface area contributed by atoms with Crippen LogP contribution < -0.4 is 10.6 Å². The number of alkyl halides is 3. The number of carbonyl (C=O) groups excluding carboxylic acids is 1. The minimum atomic E-state index is -4.61. The standard InChI is InChI=1S/C25H24F3N7O/c1-4-24(2,18-7-5-6-16-17(22(36)29-3)8-9-30-21(16)18)13-33-20-10-19(34-14-35-20)15-11-31-23(32-12-15)25(26,27)28/h5-12,14H,4,13H2,1-3H3,(H,29,36)(H,33,34,35)/t24-/m1/s1. The number of halogens is 3. The highest BCUT2D eigenvalue weighted by Gasteiger charge is 2.34. The van der Waals surface area contributed by atoms with Crippen molar-refractivity contribution in [2.45, 2.75) is 31.9 Å². The number of carbonyl (C=O) groups is 1. The van der Waals surface area contributed by atoms with Crippen LogP contribution in [0.25, 0.3) is 22.2 Å². The molecule has 0 fully saturated rings. The number of fused-ring (bicyclic) bond motifs is 1. The van der Waals surface area contributed by atoms with Crippen molar-refractivity contribution >= 4 is 22.6 Å². The maximum atomic E-state index is 12.8. The molecule has 3 aromatic heterocycles. The predicted molar refractivity (Wildman–Crippen MR) is 129 cm³/mol. The van der Waals surface area contributed by atoms with Crippen molar-refractivity contribution in [1.29, 1.82) is 0 Å². The molecule has 0 bridgehead atoms. The number of para-hydroxylation sites is 1. The van der Waals surface area contributed by atoms with E-state index in [-0.39, 0.29) is 11.3 Å². The zero-order chi connectivity index (χ0) is 25.9. The monoisotopic (exact) mass is 495 g/mol. The molecule has 4 aromatic rings. The first-order valence-corrected chi connectivity index (χ1v) is 11.2. The maximum Gasteiger partial charge on any atom is 0.451 e. The number of nitrogens with zero attached hydrogens (tertiary/aromatic N) is 5. The van der Waals surface area contributed by atoms with Gasteiger partial charge in [-0.3, -0.25) is 9.78 Å². The number of amides is 1. The molecule has 0 saturated heterocycles. The van der Waals surface area contributed by atoms with Crippen molar-refractivity contribution in [2.75, 3.05) is 18.9 Å². The highest BCUT2D eigenvalue weighted by Crippen LogP contribution is 2.34. The Morgan fingerprint density at radius 1 is 1.03 bits per heavy atom. The summed E-state index contributed by atoms with van der Waals surface area (Å²) in [6.45, 7) is 4.64. The lowest BCUT2D eigenvalue weighted by Crippen LogP contribution is -2.31. The second kappa shape index (κ2) is 9.84. The minimum absolute atomic E-state index is 0.184. The van der Waals surface area contributed by atoms with Crippen molar-refractivity contribution in [1.82, 2.24) is 30.2 Å². The van der Waals surface area contributed by atoms with E-state index in [2.05, 4.69) is 49.4 Å². The Bertz CT molecular complexity index is 1390. The molecule has 0 aliphatic rings. The van der Waals surface area contributed by atoms with Gasteiger partial charge in [0.05, 0.1) is 16.8 Å². The fourth-order valence-corrected chi connectivity index (χ4v) is 3.91. The second-order valence-electron chi connectivity index (χ2n) is 8.49. The van der Waals surface area contributed by atoms with Gasteiger partial charge in [0, 0.05) is 54.6 Å². The lowest BCUT2D eigenvalue weighted by Gasteiger charge is -2.30. The number of rotatable bonds is 7. The highest BCUT2D eigenvalue weighted by atomic mass is 19.4. The van der Waals surface area contributed by atoms with Crippen LogP contribution in [-0.2, 0) is 11.6 Å². The van der Waals surface area contributed by atoms with Gasteiger partial charge in [-0.05, 0) is 18.1 Å². The zero-order valence-electron chi connectivity index (χ0n) is 19.9. The summed E-state index contributed by atoms with van der Waals surface area (Å²) in [7, 11) is 1.59. The van der Waals surface area contributed by atoms with Crippen molar-refractivity contribution in [3.05, 3.63) is 72.2 Å². The molecule has 1 amide bonds. The number of anilines is 1. The molecule has 0 saturated carbocycles. The molecule has 4 rings (SSSR count). The van der Waals surface area contributed by atoms with Crippen LogP contribution in [0, 0.1) is 0 Å². The molecule has 36 heavy (non-hydrogen) atoms. The van der Waals surface area contributed by atoms with Crippen LogP contribution in [-0.4, -0.2) is 44.4 Å². The predicted octanol–water partition coefficient (Wildman–Crippen LogP) is 4.64. The van der Waals surface area contributed by atoms with E-state index in [4.69, 9.17) is 0 Å². The van der Waals surface area contributed by atoms with Gasteiger partial charge in [-0.2, -0.15) is 13.2 Å². The smallest absolute Gasteiger partial charge is 0.369 e. The van der Waals surface area contributed by atoms with E-state index in [9.17, 15) is 18.0 Å². The third kappa shape index (κ3) is 4.95. The van der Waals surface area contributed by atoms with Gasteiger partial charge in [0.1, 0.15) is 12.1 Å². The van der Waals surface area contributed by atoms with Gasteiger partial charge >= 0.3 is 6.18 Å². The maximum absolute atomic E-state index is 12.8. The summed E-state index contributed by atoms with van der Waals surface area (Å²) >= 11 is 0. The molecule has 0 aliphatic heterocycles. The Kier molecular flexibility index (Phi) is 6.82. The average Bonchev–Trinajstić information content (AvgIpc) is 2.90. The van der Waals surface area contributed by atoms with Crippen LogP contribution in [0.15, 0.2) is 55.2 Å². The van der Waals surface area contributed by atoms with E-state index in [1.807, 2.05) is 18.2 Å². The Morgan fingerprint density at radius 2 is 1.78 bits per heavy atom. The molecular formula is C25H24F3N7O. The fraction of sp³-hybridized carbons (Fsp3) is 0.280. The van der Waals surface area contributed by atoms with Crippen LogP contribution >= 0.6 is 0 Å². The molecule has 1 aromatic carbocycles. The van der Waals surface area contributed by atoms with Gasteiger partial charge in [-0.25, -0.2) is 19.9 Å². The van der Waals surface area contributed by atoms with E-state index in [0.717, 1.165) is 35.3 Å². The molecule has 0 spiro atoms. The Hall–Kier alpha value is -4.15. The number of benzene rings is 1. The van der Waals surface area contributed by atoms with Crippen LogP contribution in [0.5, 0.6) is 0 Å². The molecule has 3 heterocycles. The molecule has 1 atom stereocenters. The largest absolute Gasteiger partial charge is 0.451 e. The first kappa shape index (κ1) is 25.0. The van der Waals surface area contributed by atoms with E-state index < -0.39 is 12.0 Å². The van der Waals surface area contributed by atoms with E-state index >= 15 is 0 Å². The SMILES string of the molecule is CC[C@](C)(CNc1cc(-c2cnc(C(F)(F)F)nc2)ncn1)c1cccc2c(C(=O)NC)ccnc12. The quantitative estimate of drug-likeness (QED) is 0.385. The second-order valence-corrected chi connectivity index (χ2v) is 8.49. The van der Waals surface area contributed by atoms with Gasteiger partial charge < -0.3 is 10.6 Å². The van der Waals surface area contributed by atoms with Crippen molar-refractivity contribution in [3.8, 4) is 11.3 Å². The van der Waals surface area contributed by atoms with Crippen LogP contribution in [0.3, 0.4) is 0 Å².